The lowest BCUT2D eigenvalue weighted by Crippen LogP contribution is -2.06. The molecule has 0 bridgehead atoms. The number of fused-ring (bicyclic) bond motifs is 7. The van der Waals surface area contributed by atoms with Gasteiger partial charge in [-0.25, -0.2) is 4.98 Å². The Morgan fingerprint density at radius 3 is 1.41 bits per heavy atom. The van der Waals surface area contributed by atoms with Gasteiger partial charge in [-0.15, -0.1) is 0 Å². The molecule has 0 aliphatic rings. The molecule has 0 aliphatic heterocycles. The molecule has 0 fully saturated rings. The fourth-order valence-corrected chi connectivity index (χ4v) is 8.43. The third-order valence-electron chi connectivity index (χ3n) is 11.4. The SMILES string of the molecule is C=C/C=C\C=C/C.c1ccc(-c2ccc(-c3ccc(-n4c5ccccc5c5c4ccc4c6ccccc6n(-c6nc(-c7ccccc7)nc(-c7ccccc7)n6)c45)cc3)cc2)cc1. The van der Waals surface area contributed by atoms with Crippen LogP contribution in [0.25, 0.3) is 100 Å². The van der Waals surface area contributed by atoms with Gasteiger partial charge in [-0.1, -0.05) is 207 Å². The molecule has 8 aromatic carbocycles. The van der Waals surface area contributed by atoms with Crippen LogP contribution in [0.5, 0.6) is 0 Å². The topological polar surface area (TPSA) is 48.5 Å². The molecule has 0 atom stereocenters. The molecule has 0 unspecified atom stereocenters. The first-order chi connectivity index (χ1) is 31.2. The molecule has 5 heteroatoms. The lowest BCUT2D eigenvalue weighted by atomic mass is 10.0. The van der Waals surface area contributed by atoms with Crippen LogP contribution in [-0.2, 0) is 0 Å². The fourth-order valence-electron chi connectivity index (χ4n) is 8.43. The molecule has 5 nitrogen and oxygen atoms in total. The number of para-hydroxylation sites is 2. The lowest BCUT2D eigenvalue weighted by Gasteiger charge is -2.12. The maximum Gasteiger partial charge on any atom is 0.238 e. The van der Waals surface area contributed by atoms with E-state index in [0.717, 1.165) is 55.0 Å². The van der Waals surface area contributed by atoms with Gasteiger partial charge in [0.05, 0.1) is 22.1 Å². The zero-order valence-electron chi connectivity index (χ0n) is 34.9. The minimum Gasteiger partial charge on any atom is -0.309 e. The van der Waals surface area contributed by atoms with Crippen LogP contribution >= 0.6 is 0 Å². The van der Waals surface area contributed by atoms with Gasteiger partial charge in [0.15, 0.2) is 11.6 Å². The number of hydrogen-bond donors (Lipinski definition) is 0. The Labute approximate surface area is 366 Å². The molecular formula is C58H43N5. The van der Waals surface area contributed by atoms with Crippen LogP contribution < -0.4 is 0 Å². The minimum absolute atomic E-state index is 0.580. The molecule has 0 amide bonds. The summed E-state index contributed by atoms with van der Waals surface area (Å²) in [7, 11) is 0. The largest absolute Gasteiger partial charge is 0.309 e. The van der Waals surface area contributed by atoms with Gasteiger partial charge in [0, 0.05) is 38.4 Å². The second kappa shape index (κ2) is 17.3. The molecule has 3 heterocycles. The van der Waals surface area contributed by atoms with Gasteiger partial charge in [-0.05, 0) is 59.5 Å². The van der Waals surface area contributed by atoms with E-state index in [1.807, 2.05) is 67.6 Å². The molecule has 0 saturated heterocycles. The van der Waals surface area contributed by atoms with Gasteiger partial charge in [-0.2, -0.15) is 9.97 Å². The van der Waals surface area contributed by atoms with E-state index in [0.29, 0.717) is 17.6 Å². The van der Waals surface area contributed by atoms with Crippen molar-refractivity contribution in [3.63, 3.8) is 0 Å². The van der Waals surface area contributed by atoms with E-state index < -0.39 is 0 Å². The van der Waals surface area contributed by atoms with Gasteiger partial charge < -0.3 is 4.57 Å². The number of nitrogens with zero attached hydrogens (tertiary/aromatic N) is 5. The summed E-state index contributed by atoms with van der Waals surface area (Å²) in [5.74, 6) is 1.84. The molecule has 0 N–H and O–H groups in total. The van der Waals surface area contributed by atoms with Crippen molar-refractivity contribution in [3.8, 4) is 56.7 Å². The predicted molar refractivity (Wildman–Crippen MR) is 264 cm³/mol. The number of hydrogen-bond acceptors (Lipinski definition) is 3. The predicted octanol–water partition coefficient (Wildman–Crippen LogP) is 15.0. The van der Waals surface area contributed by atoms with E-state index in [2.05, 4.69) is 180 Å². The van der Waals surface area contributed by atoms with E-state index in [1.54, 1.807) is 6.08 Å². The summed E-state index contributed by atoms with van der Waals surface area (Å²) in [5, 5.41) is 4.61. The Morgan fingerprint density at radius 2 is 0.857 bits per heavy atom. The monoisotopic (exact) mass is 809 g/mol. The molecule has 300 valence electrons. The average molecular weight is 810 g/mol. The van der Waals surface area contributed by atoms with Crippen molar-refractivity contribution in [2.45, 2.75) is 6.92 Å². The van der Waals surface area contributed by atoms with Crippen LogP contribution in [0, 0.1) is 0 Å². The zero-order chi connectivity index (χ0) is 42.5. The Balaban J connectivity index is 0.000000624. The molecular weight excluding hydrogens is 767 g/mol. The Kier molecular flexibility index (Phi) is 10.6. The van der Waals surface area contributed by atoms with Crippen molar-refractivity contribution in [3.05, 3.63) is 237 Å². The smallest absolute Gasteiger partial charge is 0.238 e. The summed E-state index contributed by atoms with van der Waals surface area (Å²) in [5.41, 5.74) is 12.1. The molecule has 0 aliphatic carbocycles. The fraction of sp³-hybridized carbons (Fsp3) is 0.0172. The van der Waals surface area contributed by atoms with E-state index in [1.165, 1.54) is 27.6 Å². The first-order valence-electron chi connectivity index (χ1n) is 21.2. The Morgan fingerprint density at radius 1 is 0.381 bits per heavy atom. The van der Waals surface area contributed by atoms with Gasteiger partial charge >= 0.3 is 0 Å². The Hall–Kier alpha value is -8.41. The first kappa shape index (κ1) is 38.8. The summed E-state index contributed by atoms with van der Waals surface area (Å²) in [6.07, 6.45) is 9.51. The first-order valence-corrected chi connectivity index (χ1v) is 21.2. The highest BCUT2D eigenvalue weighted by atomic mass is 15.2. The van der Waals surface area contributed by atoms with Crippen molar-refractivity contribution >= 4 is 43.6 Å². The quantitative estimate of drug-likeness (QED) is 0.144. The van der Waals surface area contributed by atoms with Crippen LogP contribution in [0.4, 0.5) is 0 Å². The van der Waals surface area contributed by atoms with Crippen molar-refractivity contribution in [1.82, 2.24) is 24.1 Å². The maximum absolute atomic E-state index is 5.22. The zero-order valence-corrected chi connectivity index (χ0v) is 34.9. The van der Waals surface area contributed by atoms with Gasteiger partial charge in [0.2, 0.25) is 5.95 Å². The molecule has 0 radical (unpaired) electrons. The minimum atomic E-state index is 0.580. The number of rotatable bonds is 8. The van der Waals surface area contributed by atoms with Gasteiger partial charge in [0.25, 0.3) is 0 Å². The molecule has 0 saturated carbocycles. The van der Waals surface area contributed by atoms with E-state index >= 15 is 0 Å². The van der Waals surface area contributed by atoms with Crippen LogP contribution in [0.3, 0.4) is 0 Å². The van der Waals surface area contributed by atoms with E-state index in [9.17, 15) is 0 Å². The highest BCUT2D eigenvalue weighted by molar-refractivity contribution is 6.26. The highest BCUT2D eigenvalue weighted by Crippen LogP contribution is 2.42. The maximum atomic E-state index is 5.22. The van der Waals surface area contributed by atoms with E-state index in [4.69, 9.17) is 15.0 Å². The van der Waals surface area contributed by atoms with Crippen LogP contribution in [0.2, 0.25) is 0 Å². The van der Waals surface area contributed by atoms with Crippen molar-refractivity contribution in [2.75, 3.05) is 0 Å². The summed E-state index contributed by atoms with van der Waals surface area (Å²) in [4.78, 5) is 15.4. The summed E-state index contributed by atoms with van der Waals surface area (Å²) >= 11 is 0. The highest BCUT2D eigenvalue weighted by Gasteiger charge is 2.23. The molecule has 63 heavy (non-hydrogen) atoms. The van der Waals surface area contributed by atoms with Crippen LogP contribution in [0.15, 0.2) is 237 Å². The number of benzene rings is 8. The molecule has 11 rings (SSSR count). The third-order valence-corrected chi connectivity index (χ3v) is 11.4. The second-order valence-corrected chi connectivity index (χ2v) is 15.2. The lowest BCUT2D eigenvalue weighted by molar-refractivity contribution is 0.955. The molecule has 11 aromatic rings. The third kappa shape index (κ3) is 7.43. The standard InChI is InChI=1S/C51H33N5.C7H10/c1-4-14-34(15-5-1)35-24-26-36(27-25-35)37-28-30-40(31-29-37)55-45-23-13-11-21-43(45)47-46(55)33-32-42-41-20-10-12-22-44(41)56(48(42)47)51-53-49(38-16-6-2-7-17-38)52-50(54-51)39-18-8-3-9-19-39;1-3-5-7-6-4-2/h1-33H;3-7H,1H2,2H3/b;6-4-,7-5-. The van der Waals surface area contributed by atoms with Crippen molar-refractivity contribution < 1.29 is 0 Å². The average Bonchev–Trinajstić information content (AvgIpc) is 3.88. The van der Waals surface area contributed by atoms with Gasteiger partial charge in [-0.3, -0.25) is 4.57 Å². The van der Waals surface area contributed by atoms with Crippen LogP contribution in [-0.4, -0.2) is 24.1 Å². The number of allylic oxidation sites excluding steroid dienone is 5. The van der Waals surface area contributed by atoms with Crippen molar-refractivity contribution in [2.24, 2.45) is 0 Å². The van der Waals surface area contributed by atoms with Crippen molar-refractivity contribution in [1.29, 1.82) is 0 Å². The second-order valence-electron chi connectivity index (χ2n) is 15.2. The number of aromatic nitrogens is 5. The Bertz CT molecular complexity index is 3380. The summed E-state index contributed by atoms with van der Waals surface area (Å²) in [6, 6.07) is 70.4. The summed E-state index contributed by atoms with van der Waals surface area (Å²) in [6.45, 7) is 5.49. The van der Waals surface area contributed by atoms with E-state index in [-0.39, 0.29) is 0 Å². The normalized spacial score (nSPS) is 11.5. The molecule has 0 spiro atoms. The molecule has 3 aromatic heterocycles. The van der Waals surface area contributed by atoms with Gasteiger partial charge in [0.1, 0.15) is 0 Å². The summed E-state index contributed by atoms with van der Waals surface area (Å²) < 4.78 is 4.62. The van der Waals surface area contributed by atoms with Crippen LogP contribution in [0.1, 0.15) is 6.92 Å².